The lowest BCUT2D eigenvalue weighted by Crippen LogP contribution is -2.09. The monoisotopic (exact) mass is 269 g/mol. The highest BCUT2D eigenvalue weighted by Crippen LogP contribution is 2.35. The van der Waals surface area contributed by atoms with Crippen LogP contribution in [0.15, 0.2) is 42.5 Å². The first kappa shape index (κ1) is 12.5. The highest BCUT2D eigenvalue weighted by atomic mass is 16.5. The number of ether oxygens (including phenoxy) is 1. The van der Waals surface area contributed by atoms with Crippen LogP contribution in [0.1, 0.15) is 6.92 Å². The van der Waals surface area contributed by atoms with Crippen LogP contribution in [0, 0.1) is 0 Å². The third kappa shape index (κ3) is 1.90. The molecule has 4 heteroatoms. The minimum atomic E-state index is -0.971. The van der Waals surface area contributed by atoms with E-state index in [4.69, 9.17) is 9.84 Å². The van der Waals surface area contributed by atoms with Crippen LogP contribution in [0.25, 0.3) is 21.8 Å². The van der Waals surface area contributed by atoms with E-state index in [1.807, 2.05) is 36.4 Å². The zero-order valence-electron chi connectivity index (χ0n) is 11.2. The Morgan fingerprint density at radius 1 is 1.15 bits per heavy atom. The molecule has 0 aliphatic carbocycles. The van der Waals surface area contributed by atoms with E-state index in [0.717, 1.165) is 28.4 Å². The van der Waals surface area contributed by atoms with Gasteiger partial charge in [-0.1, -0.05) is 24.3 Å². The van der Waals surface area contributed by atoms with Crippen molar-refractivity contribution in [1.29, 1.82) is 0 Å². The van der Waals surface area contributed by atoms with Crippen molar-refractivity contribution < 1.29 is 14.6 Å². The average Bonchev–Trinajstić information content (AvgIpc) is 2.79. The molecule has 0 aliphatic rings. The molecule has 1 N–H and O–H groups in total. The molecule has 0 spiro atoms. The van der Waals surface area contributed by atoms with E-state index in [1.165, 1.54) is 0 Å². The quantitative estimate of drug-likeness (QED) is 0.790. The Labute approximate surface area is 116 Å². The maximum atomic E-state index is 10.7. The van der Waals surface area contributed by atoms with E-state index in [1.54, 1.807) is 0 Å². The summed E-state index contributed by atoms with van der Waals surface area (Å²) in [5.74, 6) is -0.352. The molecule has 4 nitrogen and oxygen atoms in total. The van der Waals surface area contributed by atoms with Gasteiger partial charge in [-0.3, -0.25) is 0 Å². The molecule has 0 atom stereocenters. The zero-order chi connectivity index (χ0) is 14.1. The molecular weight excluding hydrogens is 254 g/mol. The summed E-state index contributed by atoms with van der Waals surface area (Å²) in [5, 5.41) is 10.8. The summed E-state index contributed by atoms with van der Waals surface area (Å²) >= 11 is 0. The first-order valence-corrected chi connectivity index (χ1v) is 6.57. The van der Waals surface area contributed by atoms with Crippen molar-refractivity contribution in [2.24, 2.45) is 0 Å². The number of fused-ring (bicyclic) bond motifs is 3. The van der Waals surface area contributed by atoms with Crippen molar-refractivity contribution in [3.63, 3.8) is 0 Å². The number of carboxylic acid groups (broad SMARTS) is 1. The largest absolute Gasteiger partial charge is 0.481 e. The van der Waals surface area contributed by atoms with Crippen LogP contribution in [0.2, 0.25) is 0 Å². The minimum Gasteiger partial charge on any atom is -0.481 e. The molecule has 0 amide bonds. The Morgan fingerprint density at radius 3 is 2.65 bits per heavy atom. The summed E-state index contributed by atoms with van der Waals surface area (Å²) in [4.78, 5) is 10.7. The van der Waals surface area contributed by atoms with Gasteiger partial charge in [-0.05, 0) is 25.1 Å². The van der Waals surface area contributed by atoms with Crippen LogP contribution in [0.5, 0.6) is 5.75 Å². The molecule has 1 heterocycles. The molecule has 0 fully saturated rings. The summed E-state index contributed by atoms with van der Waals surface area (Å²) in [6.07, 6.45) is 0. The molecule has 0 unspecified atom stereocenters. The van der Waals surface area contributed by atoms with E-state index in [-0.39, 0.29) is 6.61 Å². The fourth-order valence-electron chi connectivity index (χ4n) is 2.67. The molecule has 1 aromatic heterocycles. The van der Waals surface area contributed by atoms with Gasteiger partial charge in [-0.25, -0.2) is 4.79 Å². The van der Waals surface area contributed by atoms with Crippen LogP contribution in [-0.2, 0) is 11.3 Å². The van der Waals surface area contributed by atoms with Gasteiger partial charge in [0.15, 0.2) is 6.61 Å². The lowest BCUT2D eigenvalue weighted by atomic mass is 10.1. The maximum absolute atomic E-state index is 10.7. The van der Waals surface area contributed by atoms with Gasteiger partial charge in [0.05, 0.1) is 5.52 Å². The van der Waals surface area contributed by atoms with Crippen LogP contribution < -0.4 is 4.74 Å². The molecule has 20 heavy (non-hydrogen) atoms. The van der Waals surface area contributed by atoms with Gasteiger partial charge in [0.25, 0.3) is 0 Å². The lowest BCUT2D eigenvalue weighted by Gasteiger charge is -2.06. The van der Waals surface area contributed by atoms with Gasteiger partial charge < -0.3 is 14.4 Å². The Balaban J connectivity index is 2.30. The molecule has 0 radical (unpaired) electrons. The van der Waals surface area contributed by atoms with Crippen molar-refractivity contribution in [3.05, 3.63) is 42.5 Å². The first-order chi connectivity index (χ1) is 9.72. The number of hydrogen-bond acceptors (Lipinski definition) is 2. The second-order valence-electron chi connectivity index (χ2n) is 4.59. The van der Waals surface area contributed by atoms with Crippen LogP contribution >= 0.6 is 0 Å². The Morgan fingerprint density at radius 2 is 1.90 bits per heavy atom. The van der Waals surface area contributed by atoms with Crippen LogP contribution in [-0.4, -0.2) is 22.2 Å². The molecule has 3 rings (SSSR count). The van der Waals surface area contributed by atoms with E-state index in [0.29, 0.717) is 5.75 Å². The van der Waals surface area contributed by atoms with Gasteiger partial charge >= 0.3 is 5.97 Å². The van der Waals surface area contributed by atoms with Crippen molar-refractivity contribution in [3.8, 4) is 5.75 Å². The molecule has 102 valence electrons. The highest BCUT2D eigenvalue weighted by molar-refractivity contribution is 6.11. The van der Waals surface area contributed by atoms with Crippen molar-refractivity contribution >= 4 is 27.8 Å². The second kappa shape index (κ2) is 4.89. The van der Waals surface area contributed by atoms with E-state index >= 15 is 0 Å². The number of aromatic nitrogens is 1. The third-order valence-electron chi connectivity index (χ3n) is 3.43. The number of rotatable bonds is 4. The van der Waals surface area contributed by atoms with E-state index < -0.39 is 5.97 Å². The predicted molar refractivity (Wildman–Crippen MR) is 78.2 cm³/mol. The Bertz CT molecular complexity index is 789. The van der Waals surface area contributed by atoms with Crippen LogP contribution in [0.3, 0.4) is 0 Å². The minimum absolute atomic E-state index is 0.329. The fraction of sp³-hybridized carbons (Fsp3) is 0.188. The molecule has 0 bridgehead atoms. The van der Waals surface area contributed by atoms with Gasteiger partial charge in [-0.15, -0.1) is 0 Å². The average molecular weight is 269 g/mol. The number of benzene rings is 2. The second-order valence-corrected chi connectivity index (χ2v) is 4.59. The van der Waals surface area contributed by atoms with Crippen molar-refractivity contribution in [2.75, 3.05) is 6.61 Å². The highest BCUT2D eigenvalue weighted by Gasteiger charge is 2.13. The zero-order valence-corrected chi connectivity index (χ0v) is 11.2. The number of para-hydroxylation sites is 1. The summed E-state index contributed by atoms with van der Waals surface area (Å²) in [7, 11) is 0. The van der Waals surface area contributed by atoms with Gasteiger partial charge in [0, 0.05) is 22.8 Å². The normalized spacial score (nSPS) is 11.1. The third-order valence-corrected chi connectivity index (χ3v) is 3.43. The van der Waals surface area contributed by atoms with Crippen LogP contribution in [0.4, 0.5) is 0 Å². The number of carbonyl (C=O) groups is 1. The summed E-state index contributed by atoms with van der Waals surface area (Å²) in [6, 6.07) is 13.8. The molecule has 0 saturated carbocycles. The standard InChI is InChI=1S/C16H15NO3/c1-2-17-12-7-4-3-6-11(12)16-13(17)8-5-9-14(16)20-10-15(18)19/h3-9H,2,10H2,1H3,(H,18,19). The molecule has 3 aromatic rings. The van der Waals surface area contributed by atoms with E-state index in [2.05, 4.69) is 17.6 Å². The molecular formula is C16H15NO3. The van der Waals surface area contributed by atoms with Crippen molar-refractivity contribution in [1.82, 2.24) is 4.57 Å². The van der Waals surface area contributed by atoms with Gasteiger partial charge in [0.2, 0.25) is 0 Å². The summed E-state index contributed by atoms with van der Waals surface area (Å²) in [5.41, 5.74) is 2.20. The molecule has 2 aromatic carbocycles. The van der Waals surface area contributed by atoms with Crippen molar-refractivity contribution in [2.45, 2.75) is 13.5 Å². The van der Waals surface area contributed by atoms with Gasteiger partial charge in [0.1, 0.15) is 5.75 Å². The Kier molecular flexibility index (Phi) is 3.06. The lowest BCUT2D eigenvalue weighted by molar-refractivity contribution is -0.139. The number of nitrogens with zero attached hydrogens (tertiary/aromatic N) is 1. The van der Waals surface area contributed by atoms with E-state index in [9.17, 15) is 4.79 Å². The topological polar surface area (TPSA) is 51.5 Å². The fourth-order valence-corrected chi connectivity index (χ4v) is 2.67. The molecule has 0 aliphatic heterocycles. The maximum Gasteiger partial charge on any atom is 0.341 e. The SMILES string of the molecule is CCn1c2ccccc2c2c(OCC(=O)O)cccc21. The smallest absolute Gasteiger partial charge is 0.341 e. The number of carboxylic acids is 1. The number of aryl methyl sites for hydroxylation is 1. The number of hydrogen-bond donors (Lipinski definition) is 1. The predicted octanol–water partition coefficient (Wildman–Crippen LogP) is 3.28. The molecule has 0 saturated heterocycles. The Hall–Kier alpha value is -2.49. The number of aliphatic carboxylic acids is 1. The first-order valence-electron chi connectivity index (χ1n) is 6.57. The summed E-state index contributed by atoms with van der Waals surface area (Å²) < 4.78 is 7.64. The van der Waals surface area contributed by atoms with Gasteiger partial charge in [-0.2, -0.15) is 0 Å². The summed E-state index contributed by atoms with van der Waals surface area (Å²) in [6.45, 7) is 2.62.